The third kappa shape index (κ3) is 3.36. The number of sulfonamides is 1. The van der Waals surface area contributed by atoms with Gasteiger partial charge in [-0.05, 0) is 44.6 Å². The standard InChI is InChI=1S/C14H22FN3O2S/c1-3-12-10-17(2)7-4-8-18(12)21(19,20)14-6-5-11(15)9-13(14)16/h5-6,9,12H,3-4,7-8,10,16H2,1-2H3. The van der Waals surface area contributed by atoms with Crippen molar-refractivity contribution in [2.45, 2.75) is 30.7 Å². The Labute approximate surface area is 125 Å². The first-order valence-electron chi connectivity index (χ1n) is 7.11. The number of nitrogens with zero attached hydrogens (tertiary/aromatic N) is 2. The van der Waals surface area contributed by atoms with Gasteiger partial charge in [0.05, 0.1) is 5.69 Å². The summed E-state index contributed by atoms with van der Waals surface area (Å²) >= 11 is 0. The molecule has 0 saturated carbocycles. The lowest BCUT2D eigenvalue weighted by molar-refractivity contribution is 0.270. The molecule has 118 valence electrons. The number of hydrogen-bond donors (Lipinski definition) is 1. The molecule has 1 aromatic carbocycles. The predicted octanol–water partition coefficient (Wildman–Crippen LogP) is 1.51. The van der Waals surface area contributed by atoms with Crippen molar-refractivity contribution in [2.75, 3.05) is 32.4 Å². The van der Waals surface area contributed by atoms with Crippen LogP contribution in [0.4, 0.5) is 10.1 Å². The van der Waals surface area contributed by atoms with E-state index in [1.165, 1.54) is 10.4 Å². The molecule has 1 heterocycles. The van der Waals surface area contributed by atoms with Crippen molar-refractivity contribution in [3.63, 3.8) is 0 Å². The van der Waals surface area contributed by atoms with E-state index in [4.69, 9.17) is 5.73 Å². The van der Waals surface area contributed by atoms with Crippen LogP contribution in [0, 0.1) is 5.82 Å². The molecule has 1 saturated heterocycles. The van der Waals surface area contributed by atoms with Crippen LogP contribution in [0.1, 0.15) is 19.8 Å². The highest BCUT2D eigenvalue weighted by Gasteiger charge is 2.33. The zero-order valence-electron chi connectivity index (χ0n) is 12.4. The Morgan fingerprint density at radius 3 is 2.71 bits per heavy atom. The van der Waals surface area contributed by atoms with Crippen molar-refractivity contribution in [3.05, 3.63) is 24.0 Å². The maximum absolute atomic E-state index is 13.1. The van der Waals surface area contributed by atoms with E-state index in [9.17, 15) is 12.8 Å². The van der Waals surface area contributed by atoms with Crippen LogP contribution in [0.2, 0.25) is 0 Å². The molecule has 7 heteroatoms. The van der Waals surface area contributed by atoms with Crippen LogP contribution in [-0.4, -0.2) is 50.3 Å². The smallest absolute Gasteiger partial charge is 0.245 e. The average Bonchev–Trinajstić information content (AvgIpc) is 2.59. The number of nitrogen functional groups attached to an aromatic ring is 1. The predicted molar refractivity (Wildman–Crippen MR) is 80.9 cm³/mol. The Morgan fingerprint density at radius 2 is 2.10 bits per heavy atom. The molecule has 2 rings (SSSR count). The molecular weight excluding hydrogens is 293 g/mol. The highest BCUT2D eigenvalue weighted by Crippen LogP contribution is 2.27. The first kappa shape index (κ1) is 16.2. The molecule has 2 N–H and O–H groups in total. The summed E-state index contributed by atoms with van der Waals surface area (Å²) in [5, 5.41) is 0. The van der Waals surface area contributed by atoms with Crippen LogP contribution in [0.3, 0.4) is 0 Å². The van der Waals surface area contributed by atoms with Crippen LogP contribution >= 0.6 is 0 Å². The molecule has 0 amide bonds. The fourth-order valence-electron chi connectivity index (χ4n) is 2.75. The summed E-state index contributed by atoms with van der Waals surface area (Å²) in [6, 6.07) is 3.35. The minimum Gasteiger partial charge on any atom is -0.398 e. The van der Waals surface area contributed by atoms with Gasteiger partial charge >= 0.3 is 0 Å². The number of nitrogens with two attached hydrogens (primary N) is 1. The molecular formula is C14H22FN3O2S. The topological polar surface area (TPSA) is 66.6 Å². The molecule has 0 bridgehead atoms. The fourth-order valence-corrected chi connectivity index (χ4v) is 4.58. The van der Waals surface area contributed by atoms with Gasteiger partial charge in [-0.25, -0.2) is 12.8 Å². The first-order chi connectivity index (χ1) is 9.86. The zero-order valence-corrected chi connectivity index (χ0v) is 13.2. The lowest BCUT2D eigenvalue weighted by Crippen LogP contribution is -2.43. The van der Waals surface area contributed by atoms with Gasteiger partial charge in [0.2, 0.25) is 10.0 Å². The van der Waals surface area contributed by atoms with E-state index in [-0.39, 0.29) is 16.6 Å². The number of likely N-dealkylation sites (N-methyl/N-ethyl adjacent to an activating group) is 1. The summed E-state index contributed by atoms with van der Waals surface area (Å²) in [4.78, 5) is 2.13. The van der Waals surface area contributed by atoms with Gasteiger partial charge in [-0.15, -0.1) is 0 Å². The van der Waals surface area contributed by atoms with Crippen molar-refractivity contribution < 1.29 is 12.8 Å². The largest absolute Gasteiger partial charge is 0.398 e. The third-order valence-corrected chi connectivity index (χ3v) is 5.90. The van der Waals surface area contributed by atoms with Crippen molar-refractivity contribution >= 4 is 15.7 Å². The summed E-state index contributed by atoms with van der Waals surface area (Å²) in [6.45, 7) is 3.99. The highest BCUT2D eigenvalue weighted by molar-refractivity contribution is 7.89. The Bertz CT molecular complexity index is 606. The second kappa shape index (κ2) is 6.29. The minimum absolute atomic E-state index is 0.00750. The molecule has 1 fully saturated rings. The summed E-state index contributed by atoms with van der Waals surface area (Å²) in [7, 11) is -1.71. The van der Waals surface area contributed by atoms with Gasteiger partial charge < -0.3 is 10.6 Å². The van der Waals surface area contributed by atoms with E-state index in [2.05, 4.69) is 4.90 Å². The van der Waals surface area contributed by atoms with E-state index < -0.39 is 15.8 Å². The molecule has 1 aliphatic rings. The molecule has 1 unspecified atom stereocenters. The summed E-state index contributed by atoms with van der Waals surface area (Å²) in [5.41, 5.74) is 5.67. The molecule has 21 heavy (non-hydrogen) atoms. The quantitative estimate of drug-likeness (QED) is 0.859. The van der Waals surface area contributed by atoms with Crippen molar-refractivity contribution in [3.8, 4) is 0 Å². The minimum atomic E-state index is -3.70. The molecule has 0 spiro atoms. The highest BCUT2D eigenvalue weighted by atomic mass is 32.2. The molecule has 1 aliphatic heterocycles. The second-order valence-electron chi connectivity index (χ2n) is 5.48. The Balaban J connectivity index is 2.41. The maximum atomic E-state index is 13.1. The van der Waals surface area contributed by atoms with Gasteiger partial charge in [0.25, 0.3) is 0 Å². The van der Waals surface area contributed by atoms with Crippen molar-refractivity contribution in [1.29, 1.82) is 0 Å². The molecule has 0 aromatic heterocycles. The number of hydrogen-bond acceptors (Lipinski definition) is 4. The monoisotopic (exact) mass is 315 g/mol. The Morgan fingerprint density at radius 1 is 1.38 bits per heavy atom. The van der Waals surface area contributed by atoms with E-state index in [0.717, 1.165) is 31.5 Å². The van der Waals surface area contributed by atoms with Gasteiger partial charge in [0, 0.05) is 19.1 Å². The van der Waals surface area contributed by atoms with Crippen LogP contribution < -0.4 is 5.73 Å². The molecule has 5 nitrogen and oxygen atoms in total. The second-order valence-corrected chi connectivity index (χ2v) is 7.33. The van der Waals surface area contributed by atoms with Crippen molar-refractivity contribution in [1.82, 2.24) is 9.21 Å². The number of benzene rings is 1. The normalized spacial score (nSPS) is 22.1. The van der Waals surface area contributed by atoms with Crippen molar-refractivity contribution in [2.24, 2.45) is 0 Å². The maximum Gasteiger partial charge on any atom is 0.245 e. The average molecular weight is 315 g/mol. The molecule has 1 aromatic rings. The van der Waals surface area contributed by atoms with E-state index in [0.29, 0.717) is 13.1 Å². The number of anilines is 1. The summed E-state index contributed by atoms with van der Waals surface area (Å²) in [5.74, 6) is -0.533. The van der Waals surface area contributed by atoms with Gasteiger partial charge in [-0.2, -0.15) is 4.31 Å². The Hall–Kier alpha value is -1.18. The molecule has 0 radical (unpaired) electrons. The van der Waals surface area contributed by atoms with Crippen LogP contribution in [0.15, 0.2) is 23.1 Å². The summed E-state index contributed by atoms with van der Waals surface area (Å²) in [6.07, 6.45) is 1.50. The fraction of sp³-hybridized carbons (Fsp3) is 0.571. The van der Waals surface area contributed by atoms with E-state index >= 15 is 0 Å². The molecule has 1 atom stereocenters. The van der Waals surface area contributed by atoms with Gasteiger partial charge in [0.1, 0.15) is 10.7 Å². The third-order valence-electron chi connectivity index (χ3n) is 3.88. The number of rotatable bonds is 3. The lowest BCUT2D eigenvalue weighted by atomic mass is 10.2. The SMILES string of the molecule is CCC1CN(C)CCCN1S(=O)(=O)c1ccc(F)cc1N. The summed E-state index contributed by atoms with van der Waals surface area (Å²) < 4.78 is 40.4. The van der Waals surface area contributed by atoms with Crippen LogP contribution in [-0.2, 0) is 10.0 Å². The van der Waals surface area contributed by atoms with Crippen LogP contribution in [0.25, 0.3) is 0 Å². The van der Waals surface area contributed by atoms with E-state index in [1.807, 2.05) is 14.0 Å². The van der Waals surface area contributed by atoms with Gasteiger partial charge in [0.15, 0.2) is 0 Å². The van der Waals surface area contributed by atoms with E-state index in [1.54, 1.807) is 0 Å². The Kier molecular flexibility index (Phi) is 4.85. The number of halogens is 1. The zero-order chi connectivity index (χ0) is 15.6. The lowest BCUT2D eigenvalue weighted by Gasteiger charge is -2.29. The molecule has 0 aliphatic carbocycles. The van der Waals surface area contributed by atoms with Gasteiger partial charge in [-0.3, -0.25) is 0 Å². The van der Waals surface area contributed by atoms with Gasteiger partial charge in [-0.1, -0.05) is 6.92 Å². The first-order valence-corrected chi connectivity index (χ1v) is 8.55. The van der Waals surface area contributed by atoms with Crippen LogP contribution in [0.5, 0.6) is 0 Å².